The molecule has 138 valence electrons. The van der Waals surface area contributed by atoms with Crippen molar-refractivity contribution in [3.63, 3.8) is 0 Å². The fourth-order valence-corrected chi connectivity index (χ4v) is 5.54. The third-order valence-electron chi connectivity index (χ3n) is 5.61. The topological polar surface area (TPSA) is 64.4 Å². The Labute approximate surface area is 152 Å². The highest BCUT2D eigenvalue weighted by Crippen LogP contribution is 2.31. The third kappa shape index (κ3) is 3.74. The van der Waals surface area contributed by atoms with Crippen LogP contribution in [0.5, 0.6) is 0 Å². The van der Waals surface area contributed by atoms with Crippen molar-refractivity contribution in [2.24, 2.45) is 5.92 Å². The van der Waals surface area contributed by atoms with Crippen molar-refractivity contribution in [2.75, 3.05) is 32.7 Å². The van der Waals surface area contributed by atoms with E-state index in [2.05, 4.69) is 17.9 Å². The van der Waals surface area contributed by atoms with Crippen molar-refractivity contribution in [3.8, 4) is 6.07 Å². The maximum absolute atomic E-state index is 13.3. The lowest BCUT2D eigenvalue weighted by atomic mass is 9.95. The Balaban J connectivity index is 2.29. The van der Waals surface area contributed by atoms with Gasteiger partial charge in [-0.2, -0.15) is 9.57 Å². The van der Waals surface area contributed by atoms with Gasteiger partial charge >= 0.3 is 0 Å². The van der Waals surface area contributed by atoms with Crippen molar-refractivity contribution >= 4 is 10.0 Å². The molecule has 0 aromatic heterocycles. The van der Waals surface area contributed by atoms with Crippen molar-refractivity contribution in [1.82, 2.24) is 9.21 Å². The van der Waals surface area contributed by atoms with Gasteiger partial charge in [0.2, 0.25) is 10.0 Å². The number of hydrogen-bond acceptors (Lipinski definition) is 4. The Morgan fingerprint density at radius 1 is 0.920 bits per heavy atom. The lowest BCUT2D eigenvalue weighted by Gasteiger charge is -2.35. The lowest BCUT2D eigenvalue weighted by molar-refractivity contribution is 0.178. The second-order valence-electron chi connectivity index (χ2n) is 7.19. The summed E-state index contributed by atoms with van der Waals surface area (Å²) >= 11 is 0. The second kappa shape index (κ2) is 7.45. The normalized spacial score (nSPS) is 18.1. The van der Waals surface area contributed by atoms with E-state index >= 15 is 0 Å². The average molecular weight is 364 g/mol. The van der Waals surface area contributed by atoms with E-state index in [0.717, 1.165) is 22.3 Å². The van der Waals surface area contributed by atoms with Crippen LogP contribution in [0, 0.1) is 51.9 Å². The highest BCUT2D eigenvalue weighted by molar-refractivity contribution is 7.89. The summed E-state index contributed by atoms with van der Waals surface area (Å²) in [5.41, 5.74) is 5.01. The Morgan fingerprint density at radius 3 is 1.80 bits per heavy atom. The highest BCUT2D eigenvalue weighted by atomic mass is 32.2. The van der Waals surface area contributed by atoms with E-state index in [1.165, 1.54) is 5.56 Å². The summed E-state index contributed by atoms with van der Waals surface area (Å²) in [6, 6.07) is 2.24. The number of sulfonamides is 1. The second-order valence-corrected chi connectivity index (χ2v) is 9.06. The van der Waals surface area contributed by atoms with Crippen LogP contribution < -0.4 is 0 Å². The molecule has 1 aliphatic heterocycles. The molecular weight excluding hydrogens is 334 g/mol. The number of rotatable bonds is 4. The van der Waals surface area contributed by atoms with Gasteiger partial charge in [0.15, 0.2) is 0 Å². The fourth-order valence-electron chi connectivity index (χ4n) is 3.56. The zero-order chi connectivity index (χ0) is 18.9. The largest absolute Gasteiger partial charge is 0.299 e. The first-order chi connectivity index (χ1) is 11.6. The molecule has 0 unspecified atom stereocenters. The molecule has 1 aromatic carbocycles. The molecule has 6 heteroatoms. The molecule has 0 bridgehead atoms. The van der Waals surface area contributed by atoms with Crippen LogP contribution >= 0.6 is 0 Å². The van der Waals surface area contributed by atoms with Gasteiger partial charge in [0.25, 0.3) is 0 Å². The third-order valence-corrected chi connectivity index (χ3v) is 7.79. The Kier molecular flexibility index (Phi) is 5.93. The zero-order valence-electron chi connectivity index (χ0n) is 16.2. The summed E-state index contributed by atoms with van der Waals surface area (Å²) in [5, 5.41) is 8.95. The highest BCUT2D eigenvalue weighted by Gasteiger charge is 2.32. The number of nitrogens with zero attached hydrogens (tertiary/aromatic N) is 3. The summed E-state index contributed by atoms with van der Waals surface area (Å²) in [5.74, 6) is -0.0324. The summed E-state index contributed by atoms with van der Waals surface area (Å²) < 4.78 is 28.2. The molecule has 1 heterocycles. The van der Waals surface area contributed by atoms with Crippen molar-refractivity contribution in [1.29, 1.82) is 5.26 Å². The molecular formula is C19H29N3O2S. The molecule has 0 amide bonds. The van der Waals surface area contributed by atoms with E-state index in [-0.39, 0.29) is 5.92 Å². The van der Waals surface area contributed by atoms with Gasteiger partial charge in [-0.15, -0.1) is 0 Å². The van der Waals surface area contributed by atoms with Gasteiger partial charge in [-0.3, -0.25) is 4.90 Å². The number of nitriles is 1. The molecule has 1 atom stereocenters. The maximum atomic E-state index is 13.3. The molecule has 0 radical (unpaired) electrons. The van der Waals surface area contributed by atoms with Crippen molar-refractivity contribution in [3.05, 3.63) is 27.8 Å². The van der Waals surface area contributed by atoms with E-state index < -0.39 is 10.0 Å². The van der Waals surface area contributed by atoms with Gasteiger partial charge in [-0.05, 0) is 69.4 Å². The first-order valence-corrected chi connectivity index (χ1v) is 10.2. The first kappa shape index (κ1) is 19.9. The van der Waals surface area contributed by atoms with Crippen LogP contribution in [0.15, 0.2) is 4.90 Å². The number of benzene rings is 1. The van der Waals surface area contributed by atoms with Crippen LogP contribution in [-0.4, -0.2) is 50.3 Å². The zero-order valence-corrected chi connectivity index (χ0v) is 17.0. The molecule has 0 saturated carbocycles. The molecule has 1 aromatic rings. The van der Waals surface area contributed by atoms with E-state index in [4.69, 9.17) is 5.26 Å². The van der Waals surface area contributed by atoms with Gasteiger partial charge in [-0.1, -0.05) is 0 Å². The van der Waals surface area contributed by atoms with Crippen LogP contribution in [-0.2, 0) is 10.0 Å². The minimum absolute atomic E-state index is 0.0324. The van der Waals surface area contributed by atoms with Gasteiger partial charge in [0, 0.05) is 32.7 Å². The van der Waals surface area contributed by atoms with Crippen LogP contribution in [0.4, 0.5) is 0 Å². The van der Waals surface area contributed by atoms with Gasteiger partial charge in [0.1, 0.15) is 0 Å². The van der Waals surface area contributed by atoms with Crippen molar-refractivity contribution in [2.45, 2.75) is 46.4 Å². The Bertz CT molecular complexity index is 772. The predicted octanol–water partition coefficient (Wildman–Crippen LogP) is 2.69. The lowest BCUT2D eigenvalue weighted by Crippen LogP contribution is -2.49. The summed E-state index contributed by atoms with van der Waals surface area (Å²) in [7, 11) is -3.50. The molecule has 2 rings (SSSR count). The Morgan fingerprint density at radius 2 is 1.36 bits per heavy atom. The molecule has 1 fully saturated rings. The summed E-state index contributed by atoms with van der Waals surface area (Å²) in [4.78, 5) is 2.65. The number of hydrogen-bond donors (Lipinski definition) is 0. The SMILES string of the molecule is Cc1c(C)c(C)c(S(=O)(=O)N2CCN(C[C@@H](C)C#N)CC2)c(C)c1C. The van der Waals surface area contributed by atoms with Gasteiger partial charge < -0.3 is 0 Å². The van der Waals surface area contributed by atoms with E-state index in [1.54, 1.807) is 4.31 Å². The van der Waals surface area contributed by atoms with Crippen LogP contribution in [0.1, 0.15) is 34.7 Å². The quantitative estimate of drug-likeness (QED) is 0.825. The molecule has 25 heavy (non-hydrogen) atoms. The smallest absolute Gasteiger partial charge is 0.243 e. The molecule has 1 aliphatic rings. The minimum atomic E-state index is -3.50. The molecule has 0 N–H and O–H groups in total. The van der Waals surface area contributed by atoms with Crippen LogP contribution in [0.25, 0.3) is 0 Å². The first-order valence-electron chi connectivity index (χ1n) is 8.80. The molecule has 0 aliphatic carbocycles. The van der Waals surface area contributed by atoms with E-state index in [1.807, 2.05) is 34.6 Å². The summed E-state index contributed by atoms with van der Waals surface area (Å²) in [6.07, 6.45) is 0. The Hall–Kier alpha value is -1.42. The minimum Gasteiger partial charge on any atom is -0.299 e. The molecule has 0 spiro atoms. The summed E-state index contributed by atoms with van der Waals surface area (Å²) in [6.45, 7) is 14.8. The molecule has 1 saturated heterocycles. The van der Waals surface area contributed by atoms with E-state index in [9.17, 15) is 8.42 Å². The van der Waals surface area contributed by atoms with Gasteiger partial charge in [0.05, 0.1) is 16.9 Å². The maximum Gasteiger partial charge on any atom is 0.243 e. The predicted molar refractivity (Wildman–Crippen MR) is 100 cm³/mol. The fraction of sp³-hybridized carbons (Fsp3) is 0.632. The van der Waals surface area contributed by atoms with E-state index in [0.29, 0.717) is 37.6 Å². The monoisotopic (exact) mass is 363 g/mol. The molecule has 5 nitrogen and oxygen atoms in total. The van der Waals surface area contributed by atoms with Gasteiger partial charge in [-0.25, -0.2) is 8.42 Å². The van der Waals surface area contributed by atoms with Crippen molar-refractivity contribution < 1.29 is 8.42 Å². The standard InChI is InChI=1S/C19H29N3O2S/c1-13(11-20)12-21-7-9-22(10-8-21)25(23,24)19-17(5)15(3)14(2)16(4)18(19)6/h13H,7-10,12H2,1-6H3/t13-/m0/s1. The van der Waals surface area contributed by atoms with Crippen LogP contribution in [0.2, 0.25) is 0 Å². The van der Waals surface area contributed by atoms with Crippen LogP contribution in [0.3, 0.4) is 0 Å². The average Bonchev–Trinajstić information content (AvgIpc) is 2.58. The number of piperazine rings is 1.